The number of hydrogen-bond acceptors (Lipinski definition) is 2. The summed E-state index contributed by atoms with van der Waals surface area (Å²) in [7, 11) is -0.493. The van der Waals surface area contributed by atoms with E-state index in [0.717, 1.165) is 29.7 Å². The van der Waals surface area contributed by atoms with Crippen molar-refractivity contribution in [3.63, 3.8) is 0 Å². The van der Waals surface area contributed by atoms with Crippen LogP contribution in [0, 0.1) is 5.92 Å². The Labute approximate surface area is 129 Å². The van der Waals surface area contributed by atoms with Gasteiger partial charge in [0.05, 0.1) is 6.10 Å². The maximum Gasteiger partial charge on any atom is 0.119 e. The molecule has 1 aromatic carbocycles. The highest BCUT2D eigenvalue weighted by molar-refractivity contribution is 6.58. The Morgan fingerprint density at radius 3 is 2.60 bits per heavy atom. The first-order valence-electron chi connectivity index (χ1n) is 7.71. The third-order valence-corrected chi connectivity index (χ3v) is 8.13. The summed E-state index contributed by atoms with van der Waals surface area (Å²) < 4.78 is 11.7. The monoisotopic (exact) mass is 312 g/mol. The van der Waals surface area contributed by atoms with Gasteiger partial charge in [0.15, 0.2) is 0 Å². The molecule has 0 saturated carbocycles. The van der Waals surface area contributed by atoms with Crippen molar-refractivity contribution in [3.8, 4) is 5.75 Å². The Hall–Kier alpha value is -0.513. The van der Waals surface area contributed by atoms with Crippen molar-refractivity contribution in [3.05, 3.63) is 29.3 Å². The highest BCUT2D eigenvalue weighted by Gasteiger charge is 2.27. The summed E-state index contributed by atoms with van der Waals surface area (Å²) in [5.41, 5.74) is 0. The highest BCUT2D eigenvalue weighted by atomic mass is 35.5. The average Bonchev–Trinajstić information content (AvgIpc) is 2.92. The molecule has 1 aromatic rings. The Bertz CT molecular complexity index is 392. The molecule has 20 heavy (non-hydrogen) atoms. The van der Waals surface area contributed by atoms with Crippen LogP contribution in [-0.2, 0) is 4.74 Å². The van der Waals surface area contributed by atoms with Crippen LogP contribution in [0.15, 0.2) is 24.3 Å². The summed E-state index contributed by atoms with van der Waals surface area (Å²) >= 11 is 5.86. The summed E-state index contributed by atoms with van der Waals surface area (Å²) in [5.74, 6) is 1.64. The molecule has 1 aliphatic heterocycles. The smallest absolute Gasteiger partial charge is 0.119 e. The molecule has 2 atom stereocenters. The largest absolute Gasteiger partial charge is 0.491 e. The van der Waals surface area contributed by atoms with Crippen LogP contribution >= 0.6 is 11.6 Å². The number of benzene rings is 1. The van der Waals surface area contributed by atoms with Crippen LogP contribution in [0.5, 0.6) is 5.75 Å². The van der Waals surface area contributed by atoms with Gasteiger partial charge in [0.1, 0.15) is 12.4 Å². The van der Waals surface area contributed by atoms with Crippen molar-refractivity contribution in [1.29, 1.82) is 0 Å². The number of hydrogen-bond donors (Lipinski definition) is 0. The molecule has 2 nitrogen and oxygen atoms in total. The first-order valence-corrected chi connectivity index (χ1v) is 10.5. The van der Waals surface area contributed by atoms with Gasteiger partial charge in [-0.2, -0.15) is 0 Å². The molecule has 1 fully saturated rings. The highest BCUT2D eigenvalue weighted by Crippen LogP contribution is 2.27. The van der Waals surface area contributed by atoms with E-state index in [0.29, 0.717) is 6.61 Å². The van der Waals surface area contributed by atoms with Gasteiger partial charge < -0.3 is 9.47 Å². The molecule has 112 valence electrons. The molecular formula is C16H25ClO2Si. The zero-order valence-corrected chi connectivity index (χ0v) is 14.4. The zero-order valence-electron chi connectivity index (χ0n) is 12.5. The van der Waals surface area contributed by atoms with Crippen molar-refractivity contribution < 1.29 is 9.47 Å². The van der Waals surface area contributed by atoms with Gasteiger partial charge >= 0.3 is 0 Å². The van der Waals surface area contributed by atoms with E-state index in [-0.39, 0.29) is 6.10 Å². The molecular weight excluding hydrogens is 288 g/mol. The fourth-order valence-corrected chi connectivity index (χ4v) is 5.52. The molecule has 0 aromatic heterocycles. The van der Waals surface area contributed by atoms with Gasteiger partial charge in [-0.3, -0.25) is 0 Å². The predicted octanol–water partition coefficient (Wildman–Crippen LogP) is 4.39. The van der Waals surface area contributed by atoms with Gasteiger partial charge in [0.2, 0.25) is 0 Å². The standard InChI is InChI=1S/C16H25ClO2Si/c1-3-20(4-2)12-13-9-16(18-10-13)11-19-15-7-5-14(17)6-8-15/h5-8,13,16,20H,3-4,9-12H2,1-2H3. The number of halogens is 1. The third-order valence-electron chi connectivity index (χ3n) is 4.23. The van der Waals surface area contributed by atoms with E-state index in [4.69, 9.17) is 21.1 Å². The van der Waals surface area contributed by atoms with Crippen molar-refractivity contribution in [2.24, 2.45) is 5.92 Å². The van der Waals surface area contributed by atoms with Crippen LogP contribution in [0.3, 0.4) is 0 Å². The van der Waals surface area contributed by atoms with E-state index < -0.39 is 8.80 Å². The molecule has 2 unspecified atom stereocenters. The Morgan fingerprint density at radius 1 is 1.25 bits per heavy atom. The lowest BCUT2D eigenvalue weighted by molar-refractivity contribution is 0.0662. The maximum absolute atomic E-state index is 5.87. The molecule has 4 heteroatoms. The summed E-state index contributed by atoms with van der Waals surface area (Å²) in [6.07, 6.45) is 1.43. The molecule has 1 aliphatic rings. The summed E-state index contributed by atoms with van der Waals surface area (Å²) in [5, 5.41) is 0.740. The van der Waals surface area contributed by atoms with E-state index in [1.54, 1.807) is 0 Å². The fourth-order valence-electron chi connectivity index (χ4n) is 2.87. The van der Waals surface area contributed by atoms with Gasteiger partial charge in [-0.05, 0) is 36.6 Å². The minimum absolute atomic E-state index is 0.263. The summed E-state index contributed by atoms with van der Waals surface area (Å²) in [4.78, 5) is 0. The minimum Gasteiger partial charge on any atom is -0.491 e. The Morgan fingerprint density at radius 2 is 1.95 bits per heavy atom. The lowest BCUT2D eigenvalue weighted by Crippen LogP contribution is -2.18. The van der Waals surface area contributed by atoms with Crippen molar-refractivity contribution in [1.82, 2.24) is 0 Å². The quantitative estimate of drug-likeness (QED) is 0.695. The lowest BCUT2D eigenvalue weighted by Gasteiger charge is -2.15. The Kier molecular flexibility index (Phi) is 6.39. The van der Waals surface area contributed by atoms with Crippen LogP contribution in [-0.4, -0.2) is 28.1 Å². The van der Waals surface area contributed by atoms with Gasteiger partial charge in [-0.1, -0.05) is 43.6 Å². The van der Waals surface area contributed by atoms with E-state index >= 15 is 0 Å². The number of ether oxygens (including phenoxy) is 2. The van der Waals surface area contributed by atoms with Crippen LogP contribution < -0.4 is 4.74 Å². The molecule has 0 spiro atoms. The maximum atomic E-state index is 5.87. The van der Waals surface area contributed by atoms with Gasteiger partial charge in [-0.25, -0.2) is 0 Å². The molecule has 0 amide bonds. The molecule has 1 saturated heterocycles. The Balaban J connectivity index is 1.72. The first kappa shape index (κ1) is 15.9. The molecule has 1 heterocycles. The first-order chi connectivity index (χ1) is 9.71. The molecule has 2 rings (SSSR count). The normalized spacial score (nSPS) is 22.4. The topological polar surface area (TPSA) is 18.5 Å². The van der Waals surface area contributed by atoms with E-state index in [2.05, 4.69) is 13.8 Å². The van der Waals surface area contributed by atoms with Crippen molar-refractivity contribution >= 4 is 20.4 Å². The number of rotatable bonds is 7. The SMILES string of the molecule is CC[SiH](CC)CC1COC(COc2ccc(Cl)cc2)C1. The summed E-state index contributed by atoms with van der Waals surface area (Å²) in [6.45, 7) is 6.27. The van der Waals surface area contributed by atoms with Gasteiger partial charge in [0, 0.05) is 20.4 Å². The van der Waals surface area contributed by atoms with E-state index in [1.807, 2.05) is 24.3 Å². The van der Waals surface area contributed by atoms with Crippen LogP contribution in [0.1, 0.15) is 20.3 Å². The van der Waals surface area contributed by atoms with Gasteiger partial charge in [0.25, 0.3) is 0 Å². The average molecular weight is 313 g/mol. The van der Waals surface area contributed by atoms with Crippen LogP contribution in [0.2, 0.25) is 23.2 Å². The molecule has 0 radical (unpaired) electrons. The van der Waals surface area contributed by atoms with Gasteiger partial charge in [-0.15, -0.1) is 0 Å². The van der Waals surface area contributed by atoms with Crippen LogP contribution in [0.25, 0.3) is 0 Å². The minimum atomic E-state index is -0.493. The van der Waals surface area contributed by atoms with Crippen molar-refractivity contribution in [2.45, 2.75) is 44.5 Å². The van der Waals surface area contributed by atoms with E-state index in [1.165, 1.54) is 18.1 Å². The predicted molar refractivity (Wildman–Crippen MR) is 87.7 cm³/mol. The third kappa shape index (κ3) is 4.79. The molecule has 0 N–H and O–H groups in total. The van der Waals surface area contributed by atoms with Crippen LogP contribution in [0.4, 0.5) is 0 Å². The lowest BCUT2D eigenvalue weighted by atomic mass is 10.1. The fraction of sp³-hybridized carbons (Fsp3) is 0.625. The van der Waals surface area contributed by atoms with E-state index in [9.17, 15) is 0 Å². The summed E-state index contributed by atoms with van der Waals surface area (Å²) in [6, 6.07) is 11.8. The van der Waals surface area contributed by atoms with Crippen molar-refractivity contribution in [2.75, 3.05) is 13.2 Å². The zero-order chi connectivity index (χ0) is 14.4. The molecule has 0 aliphatic carbocycles. The second-order valence-corrected chi connectivity index (χ2v) is 10.0. The second-order valence-electron chi connectivity index (χ2n) is 5.74. The second kappa shape index (κ2) is 8.06. The molecule has 0 bridgehead atoms.